The van der Waals surface area contributed by atoms with E-state index < -0.39 is 12.0 Å². The molecule has 1 aromatic heterocycles. The molecule has 5 heteroatoms. The summed E-state index contributed by atoms with van der Waals surface area (Å²) in [5.41, 5.74) is 2.51. The predicted molar refractivity (Wildman–Crippen MR) is 115 cm³/mol. The van der Waals surface area contributed by atoms with Crippen LogP contribution in [-0.4, -0.2) is 17.6 Å². The number of fused-ring (bicyclic) bond motifs is 3. The van der Waals surface area contributed by atoms with Gasteiger partial charge in [-0.2, -0.15) is 0 Å². The van der Waals surface area contributed by atoms with Gasteiger partial charge in [-0.3, -0.25) is 4.79 Å². The van der Waals surface area contributed by atoms with Crippen molar-refractivity contribution < 1.29 is 14.6 Å². The summed E-state index contributed by atoms with van der Waals surface area (Å²) >= 11 is 1.60. The Hall–Kier alpha value is -3.15. The summed E-state index contributed by atoms with van der Waals surface area (Å²) in [6.07, 6.45) is -0.763. The number of carbonyl (C=O) groups is 1. The van der Waals surface area contributed by atoms with E-state index in [-0.39, 0.29) is 12.5 Å². The number of nitrogens with one attached hydrogen (secondary N) is 1. The molecule has 0 saturated carbocycles. The molecule has 5 rings (SSSR count). The number of hydrogen-bond acceptors (Lipinski definition) is 4. The number of ether oxygens (including phenoxy) is 1. The number of thiophene rings is 1. The molecule has 29 heavy (non-hydrogen) atoms. The van der Waals surface area contributed by atoms with Gasteiger partial charge < -0.3 is 15.2 Å². The van der Waals surface area contributed by atoms with Gasteiger partial charge in [0.25, 0.3) is 0 Å². The standard InChI is InChI=1S/C24H19NO3S/c26-19(18-14-29-22-12-6-3-7-15(18)22)13-25-24(27)23-16-8-1-4-10-20(16)28-21-11-5-2-9-17(21)23/h1-12,14,19,23,26H,13H2,(H,25,27). The second kappa shape index (κ2) is 7.35. The van der Waals surface area contributed by atoms with Gasteiger partial charge in [-0.05, 0) is 29.0 Å². The number of carbonyl (C=O) groups excluding carboxylic acids is 1. The van der Waals surface area contributed by atoms with Crippen molar-refractivity contribution >= 4 is 27.3 Å². The molecule has 2 N–H and O–H groups in total. The number of hydrogen-bond donors (Lipinski definition) is 2. The molecule has 144 valence electrons. The molecular formula is C24H19NO3S. The summed E-state index contributed by atoms with van der Waals surface area (Å²) in [5, 5.41) is 16.6. The maximum atomic E-state index is 13.2. The number of rotatable bonds is 4. The molecule has 0 radical (unpaired) electrons. The third-order valence-corrected chi connectivity index (χ3v) is 6.26. The van der Waals surface area contributed by atoms with E-state index in [1.54, 1.807) is 11.3 Å². The summed E-state index contributed by atoms with van der Waals surface area (Å²) < 4.78 is 7.09. The second-order valence-corrected chi connectivity index (χ2v) is 7.97. The molecule has 4 nitrogen and oxygen atoms in total. The first-order valence-corrected chi connectivity index (χ1v) is 10.4. The molecule has 0 saturated heterocycles. The third kappa shape index (κ3) is 3.18. The molecule has 1 atom stereocenters. The van der Waals surface area contributed by atoms with Crippen molar-refractivity contribution in [1.82, 2.24) is 5.32 Å². The highest BCUT2D eigenvalue weighted by molar-refractivity contribution is 7.17. The highest BCUT2D eigenvalue weighted by Gasteiger charge is 2.32. The lowest BCUT2D eigenvalue weighted by Crippen LogP contribution is -2.34. The fourth-order valence-corrected chi connectivity index (χ4v) is 4.87. The Balaban J connectivity index is 1.40. The highest BCUT2D eigenvalue weighted by atomic mass is 32.1. The first-order chi connectivity index (χ1) is 14.2. The van der Waals surface area contributed by atoms with Crippen LogP contribution in [0, 0.1) is 0 Å². The largest absolute Gasteiger partial charge is 0.457 e. The van der Waals surface area contributed by atoms with Crippen LogP contribution in [0.15, 0.2) is 78.2 Å². The van der Waals surface area contributed by atoms with E-state index in [0.29, 0.717) is 11.5 Å². The first-order valence-electron chi connectivity index (χ1n) is 9.50. The Bertz CT molecular complexity index is 1150. The molecular weight excluding hydrogens is 382 g/mol. The van der Waals surface area contributed by atoms with Crippen molar-refractivity contribution in [1.29, 1.82) is 0 Å². The Kier molecular flexibility index (Phi) is 4.54. The van der Waals surface area contributed by atoms with Crippen LogP contribution in [0.25, 0.3) is 10.1 Å². The molecule has 1 unspecified atom stereocenters. The molecule has 1 aliphatic heterocycles. The van der Waals surface area contributed by atoms with Crippen molar-refractivity contribution in [2.45, 2.75) is 12.0 Å². The van der Waals surface area contributed by atoms with Crippen LogP contribution < -0.4 is 10.1 Å². The second-order valence-electron chi connectivity index (χ2n) is 7.06. The van der Waals surface area contributed by atoms with Crippen LogP contribution in [0.4, 0.5) is 0 Å². The number of amides is 1. The predicted octanol–water partition coefficient (Wildman–Crippen LogP) is 4.99. The molecule has 0 spiro atoms. The molecule has 3 aromatic carbocycles. The molecule has 0 aliphatic carbocycles. The first kappa shape index (κ1) is 17.9. The van der Waals surface area contributed by atoms with E-state index in [2.05, 4.69) is 5.32 Å². The smallest absolute Gasteiger partial charge is 0.232 e. The zero-order chi connectivity index (χ0) is 19.8. The van der Waals surface area contributed by atoms with Crippen LogP contribution in [0.3, 0.4) is 0 Å². The van der Waals surface area contributed by atoms with Crippen LogP contribution in [-0.2, 0) is 4.79 Å². The fraction of sp³-hybridized carbons (Fsp3) is 0.125. The van der Waals surface area contributed by atoms with Gasteiger partial charge in [-0.25, -0.2) is 0 Å². The van der Waals surface area contributed by atoms with Crippen molar-refractivity contribution in [3.05, 3.63) is 94.9 Å². The highest BCUT2D eigenvalue weighted by Crippen LogP contribution is 2.44. The van der Waals surface area contributed by atoms with E-state index in [9.17, 15) is 9.90 Å². The normalized spacial score (nSPS) is 14.0. The average molecular weight is 401 g/mol. The van der Waals surface area contributed by atoms with E-state index >= 15 is 0 Å². The maximum absolute atomic E-state index is 13.2. The number of para-hydroxylation sites is 2. The lowest BCUT2D eigenvalue weighted by Gasteiger charge is -2.27. The minimum atomic E-state index is -0.763. The van der Waals surface area contributed by atoms with Crippen LogP contribution in [0.2, 0.25) is 0 Å². The molecule has 2 heterocycles. The number of aliphatic hydroxyl groups excluding tert-OH is 1. The van der Waals surface area contributed by atoms with Gasteiger partial charge in [0.1, 0.15) is 11.5 Å². The number of benzene rings is 3. The van der Waals surface area contributed by atoms with Gasteiger partial charge in [0.2, 0.25) is 5.91 Å². The van der Waals surface area contributed by atoms with E-state index in [1.807, 2.05) is 78.2 Å². The van der Waals surface area contributed by atoms with E-state index in [1.165, 1.54) is 0 Å². The number of aliphatic hydroxyl groups is 1. The van der Waals surface area contributed by atoms with Crippen molar-refractivity contribution in [3.8, 4) is 11.5 Å². The summed E-state index contributed by atoms with van der Waals surface area (Å²) in [6, 6.07) is 23.1. The quantitative estimate of drug-likeness (QED) is 0.507. The summed E-state index contributed by atoms with van der Waals surface area (Å²) in [4.78, 5) is 13.2. The van der Waals surface area contributed by atoms with Gasteiger partial charge >= 0.3 is 0 Å². The van der Waals surface area contributed by atoms with Crippen molar-refractivity contribution in [2.75, 3.05) is 6.54 Å². The summed E-state index contributed by atoms with van der Waals surface area (Å²) in [5.74, 6) is 0.765. The van der Waals surface area contributed by atoms with Gasteiger partial charge in [0, 0.05) is 27.9 Å². The Morgan fingerprint density at radius 3 is 2.31 bits per heavy atom. The van der Waals surface area contributed by atoms with Crippen LogP contribution in [0.1, 0.15) is 28.7 Å². The Morgan fingerprint density at radius 2 is 1.59 bits per heavy atom. The Labute approximate surface area is 172 Å². The molecule has 1 amide bonds. The van der Waals surface area contributed by atoms with Gasteiger partial charge in [0.05, 0.1) is 12.0 Å². The zero-order valence-electron chi connectivity index (χ0n) is 15.5. The van der Waals surface area contributed by atoms with Crippen LogP contribution in [0.5, 0.6) is 11.5 Å². The Morgan fingerprint density at radius 1 is 0.966 bits per heavy atom. The van der Waals surface area contributed by atoms with Gasteiger partial charge in [-0.1, -0.05) is 54.6 Å². The summed E-state index contributed by atoms with van der Waals surface area (Å²) in [7, 11) is 0. The minimum Gasteiger partial charge on any atom is -0.457 e. The lowest BCUT2D eigenvalue weighted by atomic mass is 9.87. The van der Waals surface area contributed by atoms with E-state index in [0.717, 1.165) is 26.8 Å². The summed E-state index contributed by atoms with van der Waals surface area (Å²) in [6.45, 7) is 0.154. The molecule has 1 aliphatic rings. The average Bonchev–Trinajstić information content (AvgIpc) is 3.20. The van der Waals surface area contributed by atoms with Crippen molar-refractivity contribution in [3.63, 3.8) is 0 Å². The fourth-order valence-electron chi connectivity index (χ4n) is 3.86. The topological polar surface area (TPSA) is 58.6 Å². The minimum absolute atomic E-state index is 0.146. The molecule has 0 fully saturated rings. The monoisotopic (exact) mass is 401 g/mol. The molecule has 0 bridgehead atoms. The maximum Gasteiger partial charge on any atom is 0.232 e. The van der Waals surface area contributed by atoms with Gasteiger partial charge in [-0.15, -0.1) is 11.3 Å². The lowest BCUT2D eigenvalue weighted by molar-refractivity contribution is -0.122. The van der Waals surface area contributed by atoms with Gasteiger partial charge in [0.15, 0.2) is 0 Å². The third-order valence-electron chi connectivity index (χ3n) is 5.28. The molecule has 4 aromatic rings. The van der Waals surface area contributed by atoms with E-state index in [4.69, 9.17) is 4.74 Å². The van der Waals surface area contributed by atoms with Crippen molar-refractivity contribution in [2.24, 2.45) is 0 Å². The zero-order valence-corrected chi connectivity index (χ0v) is 16.4. The van der Waals surface area contributed by atoms with Crippen LogP contribution >= 0.6 is 11.3 Å². The SMILES string of the molecule is O=C(NCC(O)c1csc2ccccc12)C1c2ccccc2Oc2ccccc21.